The Bertz CT molecular complexity index is 1220. The highest BCUT2D eigenvalue weighted by Crippen LogP contribution is 2.24. The molecule has 0 spiro atoms. The number of nitrogens with one attached hydrogen (secondary N) is 4. The van der Waals surface area contributed by atoms with Gasteiger partial charge in [0.25, 0.3) is 10.0 Å². The number of benzene rings is 3. The summed E-state index contributed by atoms with van der Waals surface area (Å²) in [6.45, 7) is 0.392. The van der Waals surface area contributed by atoms with Crippen molar-refractivity contribution in [3.63, 3.8) is 0 Å². The van der Waals surface area contributed by atoms with Crippen molar-refractivity contribution in [2.24, 2.45) is 0 Å². The van der Waals surface area contributed by atoms with Gasteiger partial charge in [-0.1, -0.05) is 46.3 Å². The molecule has 4 rings (SSSR count). The maximum Gasteiger partial charge on any atom is 0.264 e. The third-order valence-corrected chi connectivity index (χ3v) is 6.85. The zero-order valence-electron chi connectivity index (χ0n) is 16.7. The number of carbonyl (C=O) groups is 1. The SMILES string of the molecule is O=C(Nc1ccc(F)c(S(=O)(=O)Nc2ccc(Br)cc2)c1)C1CNC(c2ccccc2)N1. The summed E-state index contributed by atoms with van der Waals surface area (Å²) >= 11 is 3.27. The van der Waals surface area contributed by atoms with Crippen molar-refractivity contribution >= 4 is 43.2 Å². The molecule has 1 amide bonds. The minimum absolute atomic E-state index is 0.175. The fourth-order valence-electron chi connectivity index (χ4n) is 3.33. The zero-order chi connectivity index (χ0) is 22.7. The Balaban J connectivity index is 1.46. The van der Waals surface area contributed by atoms with E-state index < -0.39 is 26.8 Å². The van der Waals surface area contributed by atoms with E-state index in [1.54, 1.807) is 24.3 Å². The van der Waals surface area contributed by atoms with Crippen molar-refractivity contribution in [1.82, 2.24) is 10.6 Å². The average Bonchev–Trinajstić information content (AvgIpc) is 3.28. The predicted octanol–water partition coefficient (Wildman–Crippen LogP) is 3.59. The molecule has 3 aromatic carbocycles. The number of hydrogen-bond acceptors (Lipinski definition) is 5. The van der Waals surface area contributed by atoms with Crippen molar-refractivity contribution in [3.8, 4) is 0 Å². The second-order valence-electron chi connectivity index (χ2n) is 7.22. The van der Waals surface area contributed by atoms with E-state index >= 15 is 0 Å². The predicted molar refractivity (Wildman–Crippen MR) is 124 cm³/mol. The first-order valence-corrected chi connectivity index (χ1v) is 12.0. The Morgan fingerprint density at radius 2 is 1.69 bits per heavy atom. The summed E-state index contributed by atoms with van der Waals surface area (Å²) in [6, 6.07) is 18.9. The normalized spacial score (nSPS) is 18.3. The van der Waals surface area contributed by atoms with E-state index in [0.717, 1.165) is 22.2 Å². The Morgan fingerprint density at radius 1 is 1.00 bits per heavy atom. The van der Waals surface area contributed by atoms with Crippen LogP contribution in [0, 0.1) is 5.82 Å². The highest BCUT2D eigenvalue weighted by atomic mass is 79.9. The summed E-state index contributed by atoms with van der Waals surface area (Å²) in [7, 11) is -4.20. The van der Waals surface area contributed by atoms with Crippen molar-refractivity contribution in [2.45, 2.75) is 17.1 Å². The Kier molecular flexibility index (Phi) is 6.56. The second kappa shape index (κ2) is 9.37. The van der Waals surface area contributed by atoms with Gasteiger partial charge in [-0.25, -0.2) is 12.8 Å². The van der Waals surface area contributed by atoms with Crippen molar-refractivity contribution in [2.75, 3.05) is 16.6 Å². The molecule has 166 valence electrons. The molecule has 32 heavy (non-hydrogen) atoms. The molecule has 1 aliphatic rings. The maximum absolute atomic E-state index is 14.3. The maximum atomic E-state index is 14.3. The third kappa shape index (κ3) is 5.16. The average molecular weight is 519 g/mol. The molecule has 2 atom stereocenters. The molecule has 1 saturated heterocycles. The summed E-state index contributed by atoms with van der Waals surface area (Å²) < 4.78 is 42.9. The molecular weight excluding hydrogens is 499 g/mol. The van der Waals surface area contributed by atoms with Crippen LogP contribution in [0.15, 0.2) is 82.2 Å². The van der Waals surface area contributed by atoms with Gasteiger partial charge in [-0.2, -0.15) is 0 Å². The standard InChI is InChI=1S/C22H20BrFN4O3S/c23-15-6-8-16(9-7-15)28-32(30,31)20-12-17(10-11-18(20)24)26-22(29)19-13-25-21(27-19)14-4-2-1-3-5-14/h1-12,19,21,25,27-28H,13H2,(H,26,29). The summed E-state index contributed by atoms with van der Waals surface area (Å²) in [5.74, 6) is -1.27. The summed E-state index contributed by atoms with van der Waals surface area (Å²) in [4.78, 5) is 12.1. The summed E-state index contributed by atoms with van der Waals surface area (Å²) in [5.41, 5.74) is 1.46. The third-order valence-electron chi connectivity index (χ3n) is 4.93. The summed E-state index contributed by atoms with van der Waals surface area (Å²) in [6.07, 6.45) is -0.175. The Hall–Kier alpha value is -2.79. The van der Waals surface area contributed by atoms with Crippen LogP contribution in [-0.2, 0) is 14.8 Å². The number of rotatable bonds is 6. The molecule has 3 aromatic rings. The molecule has 1 fully saturated rings. The topological polar surface area (TPSA) is 99.3 Å². The van der Waals surface area contributed by atoms with Gasteiger partial charge in [-0.3, -0.25) is 20.2 Å². The van der Waals surface area contributed by atoms with Gasteiger partial charge in [0.05, 0.1) is 6.17 Å². The number of halogens is 2. The van der Waals surface area contributed by atoms with Crippen molar-refractivity contribution in [3.05, 3.63) is 88.6 Å². The van der Waals surface area contributed by atoms with Crippen LogP contribution in [0.25, 0.3) is 0 Å². The monoisotopic (exact) mass is 518 g/mol. The fraction of sp³-hybridized carbons (Fsp3) is 0.136. The van der Waals surface area contributed by atoms with E-state index in [9.17, 15) is 17.6 Å². The fourth-order valence-corrected chi connectivity index (χ4v) is 4.75. The first-order chi connectivity index (χ1) is 15.3. The molecule has 0 saturated carbocycles. The van der Waals surface area contributed by atoms with Gasteiger partial charge < -0.3 is 5.32 Å². The van der Waals surface area contributed by atoms with Gasteiger partial charge in [-0.05, 0) is 48.0 Å². The number of sulfonamides is 1. The van der Waals surface area contributed by atoms with Crippen LogP contribution >= 0.6 is 15.9 Å². The van der Waals surface area contributed by atoms with Crippen LogP contribution in [-0.4, -0.2) is 26.9 Å². The van der Waals surface area contributed by atoms with Crippen molar-refractivity contribution < 1.29 is 17.6 Å². The van der Waals surface area contributed by atoms with Crippen LogP contribution in [0.4, 0.5) is 15.8 Å². The van der Waals surface area contributed by atoms with E-state index in [4.69, 9.17) is 0 Å². The number of hydrogen-bond donors (Lipinski definition) is 4. The number of anilines is 2. The lowest BCUT2D eigenvalue weighted by atomic mass is 10.2. The van der Waals surface area contributed by atoms with E-state index in [-0.39, 0.29) is 23.4 Å². The lowest BCUT2D eigenvalue weighted by Crippen LogP contribution is -2.38. The molecule has 1 heterocycles. The molecule has 0 aromatic heterocycles. The Labute approximate surface area is 193 Å². The lowest BCUT2D eigenvalue weighted by Gasteiger charge is -2.15. The van der Waals surface area contributed by atoms with Gasteiger partial charge in [0.15, 0.2) is 0 Å². The number of amides is 1. The lowest BCUT2D eigenvalue weighted by molar-refractivity contribution is -0.117. The quantitative estimate of drug-likeness (QED) is 0.399. The van der Waals surface area contributed by atoms with Gasteiger partial charge in [0, 0.05) is 22.4 Å². The first-order valence-electron chi connectivity index (χ1n) is 9.75. The highest BCUT2D eigenvalue weighted by Gasteiger charge is 2.29. The van der Waals surface area contributed by atoms with Crippen LogP contribution in [0.5, 0.6) is 0 Å². The van der Waals surface area contributed by atoms with E-state index in [2.05, 4.69) is 36.6 Å². The zero-order valence-corrected chi connectivity index (χ0v) is 19.1. The molecule has 0 bridgehead atoms. The largest absolute Gasteiger partial charge is 0.325 e. The first kappa shape index (κ1) is 22.4. The van der Waals surface area contributed by atoms with Gasteiger partial charge >= 0.3 is 0 Å². The molecule has 1 aliphatic heterocycles. The molecular formula is C22H20BrFN4O3S. The molecule has 0 aliphatic carbocycles. The number of carbonyl (C=O) groups excluding carboxylic acids is 1. The minimum Gasteiger partial charge on any atom is -0.325 e. The minimum atomic E-state index is -4.20. The molecule has 0 radical (unpaired) electrons. The Morgan fingerprint density at radius 3 is 2.41 bits per heavy atom. The molecule has 4 N–H and O–H groups in total. The van der Waals surface area contributed by atoms with Gasteiger partial charge in [0.1, 0.15) is 16.8 Å². The van der Waals surface area contributed by atoms with Gasteiger partial charge in [-0.15, -0.1) is 0 Å². The van der Waals surface area contributed by atoms with Crippen LogP contribution in [0.3, 0.4) is 0 Å². The van der Waals surface area contributed by atoms with E-state index in [1.807, 2.05) is 30.3 Å². The molecule has 2 unspecified atom stereocenters. The molecule has 10 heteroatoms. The molecule has 7 nitrogen and oxygen atoms in total. The highest BCUT2D eigenvalue weighted by molar-refractivity contribution is 9.10. The van der Waals surface area contributed by atoms with Crippen LogP contribution in [0.1, 0.15) is 11.7 Å². The van der Waals surface area contributed by atoms with Gasteiger partial charge in [0.2, 0.25) is 5.91 Å². The smallest absolute Gasteiger partial charge is 0.264 e. The summed E-state index contributed by atoms with van der Waals surface area (Å²) in [5, 5.41) is 9.07. The van der Waals surface area contributed by atoms with Crippen LogP contribution in [0.2, 0.25) is 0 Å². The van der Waals surface area contributed by atoms with Crippen LogP contribution < -0.4 is 20.7 Å². The van der Waals surface area contributed by atoms with E-state index in [0.29, 0.717) is 6.54 Å². The van der Waals surface area contributed by atoms with E-state index in [1.165, 1.54) is 6.07 Å². The van der Waals surface area contributed by atoms with Crippen molar-refractivity contribution in [1.29, 1.82) is 0 Å². The second-order valence-corrected chi connectivity index (χ2v) is 9.78.